The average molecular weight is 372 g/mol. The van der Waals surface area contributed by atoms with Crippen molar-refractivity contribution in [3.8, 4) is 11.5 Å². The van der Waals surface area contributed by atoms with Crippen molar-refractivity contribution < 1.29 is 26.6 Å². The number of alkyl halides is 3. The van der Waals surface area contributed by atoms with Gasteiger partial charge in [-0.15, -0.1) is 0 Å². The zero-order valence-electron chi connectivity index (χ0n) is 13.3. The van der Waals surface area contributed by atoms with Crippen LogP contribution in [0.2, 0.25) is 0 Å². The van der Waals surface area contributed by atoms with Gasteiger partial charge in [-0.1, -0.05) is 37.1 Å². The lowest BCUT2D eigenvalue weighted by atomic mass is 10.2. The number of halogens is 4. The lowest BCUT2D eigenvalue weighted by Gasteiger charge is -2.25. The van der Waals surface area contributed by atoms with Crippen LogP contribution in [0, 0.1) is 5.82 Å². The number of rotatable bonds is 5. The first-order valence-electron chi connectivity index (χ1n) is 8.01. The minimum Gasteiger partial charge on any atom is -0.438 e. The van der Waals surface area contributed by atoms with E-state index in [0.717, 1.165) is 31.7 Å². The molecule has 25 heavy (non-hydrogen) atoms. The highest BCUT2D eigenvalue weighted by molar-refractivity contribution is 7.49. The fourth-order valence-electron chi connectivity index (χ4n) is 2.78. The van der Waals surface area contributed by atoms with Crippen LogP contribution in [-0.2, 0) is 6.18 Å². The van der Waals surface area contributed by atoms with Gasteiger partial charge < -0.3 is 9.05 Å². The standard InChI is InChI=1S/C18H17F4O2P/c19-15-10-4-6-12-17(15)24-25(13-7-1-2-8-13)23-16-11-5-3-9-14(16)18(20,21)22/h3-6,9-13H,1-2,7-8H2. The zero-order chi connectivity index (χ0) is 17.9. The Morgan fingerprint density at radius 3 is 2.04 bits per heavy atom. The maximum atomic E-state index is 13.9. The molecule has 0 amide bonds. The molecule has 2 aromatic carbocycles. The lowest BCUT2D eigenvalue weighted by Crippen LogP contribution is -2.12. The van der Waals surface area contributed by atoms with Crippen molar-refractivity contribution in [2.45, 2.75) is 37.5 Å². The summed E-state index contributed by atoms with van der Waals surface area (Å²) in [7, 11) is -1.73. The lowest BCUT2D eigenvalue weighted by molar-refractivity contribution is -0.138. The second kappa shape index (κ2) is 7.61. The Labute approximate surface area is 144 Å². The molecule has 1 atom stereocenters. The molecule has 0 heterocycles. The van der Waals surface area contributed by atoms with Gasteiger partial charge in [-0.2, -0.15) is 13.2 Å². The molecular weight excluding hydrogens is 355 g/mol. The molecule has 2 nitrogen and oxygen atoms in total. The molecule has 7 heteroatoms. The van der Waals surface area contributed by atoms with E-state index in [1.807, 2.05) is 0 Å². The molecule has 1 aliphatic rings. The van der Waals surface area contributed by atoms with Gasteiger partial charge in [0.25, 0.3) is 8.38 Å². The Morgan fingerprint density at radius 2 is 1.40 bits per heavy atom. The molecule has 3 rings (SSSR count). The van der Waals surface area contributed by atoms with E-state index in [1.54, 1.807) is 6.07 Å². The fourth-order valence-corrected chi connectivity index (χ4v) is 4.59. The van der Waals surface area contributed by atoms with Gasteiger partial charge in [-0.3, -0.25) is 0 Å². The highest BCUT2D eigenvalue weighted by Gasteiger charge is 2.37. The van der Waals surface area contributed by atoms with Crippen molar-refractivity contribution in [2.75, 3.05) is 0 Å². The van der Waals surface area contributed by atoms with Gasteiger partial charge in [-0.25, -0.2) is 4.39 Å². The van der Waals surface area contributed by atoms with E-state index in [2.05, 4.69) is 0 Å². The predicted molar refractivity (Wildman–Crippen MR) is 88.3 cm³/mol. The zero-order valence-corrected chi connectivity index (χ0v) is 14.2. The van der Waals surface area contributed by atoms with Crippen molar-refractivity contribution in [3.63, 3.8) is 0 Å². The first kappa shape index (κ1) is 18.0. The molecule has 0 spiro atoms. The van der Waals surface area contributed by atoms with Crippen molar-refractivity contribution in [3.05, 3.63) is 59.9 Å². The van der Waals surface area contributed by atoms with Crippen molar-refractivity contribution in [1.29, 1.82) is 0 Å². The Morgan fingerprint density at radius 1 is 0.840 bits per heavy atom. The van der Waals surface area contributed by atoms with E-state index < -0.39 is 25.9 Å². The van der Waals surface area contributed by atoms with Gasteiger partial charge in [0.1, 0.15) is 5.75 Å². The highest BCUT2D eigenvalue weighted by atomic mass is 31.2. The van der Waals surface area contributed by atoms with Crippen LogP contribution >= 0.6 is 8.38 Å². The second-order valence-corrected chi connectivity index (χ2v) is 7.50. The van der Waals surface area contributed by atoms with Gasteiger partial charge in [0.05, 0.1) is 11.2 Å². The summed E-state index contributed by atoms with van der Waals surface area (Å²) in [6, 6.07) is 10.9. The topological polar surface area (TPSA) is 18.5 Å². The van der Waals surface area contributed by atoms with Crippen molar-refractivity contribution in [1.82, 2.24) is 0 Å². The highest BCUT2D eigenvalue weighted by Crippen LogP contribution is 2.52. The molecule has 1 unspecified atom stereocenters. The molecule has 1 aliphatic carbocycles. The Balaban J connectivity index is 1.87. The smallest absolute Gasteiger partial charge is 0.419 e. The average Bonchev–Trinajstić information content (AvgIpc) is 3.10. The molecule has 0 aliphatic heterocycles. The summed E-state index contributed by atoms with van der Waals surface area (Å²) in [5.41, 5.74) is -0.867. The normalized spacial score (nSPS) is 16.6. The van der Waals surface area contributed by atoms with Crippen LogP contribution in [0.4, 0.5) is 17.6 Å². The summed E-state index contributed by atoms with van der Waals surface area (Å²) >= 11 is 0. The first-order chi connectivity index (χ1) is 11.9. The van der Waals surface area contributed by atoms with Gasteiger partial charge in [0.15, 0.2) is 11.6 Å². The molecule has 2 aromatic rings. The molecule has 0 bridgehead atoms. The molecule has 0 saturated heterocycles. The third-order valence-electron chi connectivity index (χ3n) is 4.03. The summed E-state index contributed by atoms with van der Waals surface area (Å²) in [6.45, 7) is 0. The van der Waals surface area contributed by atoms with E-state index in [4.69, 9.17) is 9.05 Å². The second-order valence-electron chi connectivity index (χ2n) is 5.83. The minimum absolute atomic E-state index is 0.00463. The van der Waals surface area contributed by atoms with Crippen LogP contribution in [-0.4, -0.2) is 5.66 Å². The number of hydrogen-bond acceptors (Lipinski definition) is 2. The number of benzene rings is 2. The molecule has 0 radical (unpaired) electrons. The van der Waals surface area contributed by atoms with Gasteiger partial charge >= 0.3 is 6.18 Å². The van der Waals surface area contributed by atoms with E-state index in [1.165, 1.54) is 36.4 Å². The first-order valence-corrected chi connectivity index (χ1v) is 9.26. The van der Waals surface area contributed by atoms with E-state index in [0.29, 0.717) is 0 Å². The summed E-state index contributed by atoms with van der Waals surface area (Å²) in [6.07, 6.45) is -0.989. The van der Waals surface area contributed by atoms with Gasteiger partial charge in [0.2, 0.25) is 0 Å². The van der Waals surface area contributed by atoms with Crippen LogP contribution in [0.5, 0.6) is 11.5 Å². The fraction of sp³-hybridized carbons (Fsp3) is 0.333. The summed E-state index contributed by atoms with van der Waals surface area (Å²) in [4.78, 5) is 0. The van der Waals surface area contributed by atoms with Gasteiger partial charge in [0, 0.05) is 0 Å². The van der Waals surface area contributed by atoms with Crippen molar-refractivity contribution >= 4 is 8.38 Å². The summed E-state index contributed by atoms with van der Waals surface area (Å²) in [5, 5.41) is 0. The maximum Gasteiger partial charge on any atom is 0.419 e. The Kier molecular flexibility index (Phi) is 5.48. The van der Waals surface area contributed by atoms with Crippen LogP contribution in [0.1, 0.15) is 31.2 Å². The molecule has 1 fully saturated rings. The Bertz CT molecular complexity index is 714. The van der Waals surface area contributed by atoms with E-state index in [-0.39, 0.29) is 17.2 Å². The molecular formula is C18H17F4O2P. The largest absolute Gasteiger partial charge is 0.438 e. The van der Waals surface area contributed by atoms with E-state index in [9.17, 15) is 17.6 Å². The third kappa shape index (κ3) is 4.43. The monoisotopic (exact) mass is 372 g/mol. The molecule has 0 N–H and O–H groups in total. The van der Waals surface area contributed by atoms with Gasteiger partial charge in [-0.05, 0) is 37.1 Å². The van der Waals surface area contributed by atoms with Crippen LogP contribution in [0.3, 0.4) is 0 Å². The maximum absolute atomic E-state index is 13.9. The number of para-hydroxylation sites is 2. The SMILES string of the molecule is Fc1ccccc1OP(Oc1ccccc1C(F)(F)F)C1CCCC1. The van der Waals surface area contributed by atoms with Crippen LogP contribution in [0.15, 0.2) is 48.5 Å². The summed E-state index contributed by atoms with van der Waals surface area (Å²) in [5.74, 6) is -0.824. The number of hydrogen-bond donors (Lipinski definition) is 0. The predicted octanol–water partition coefficient (Wildman–Crippen LogP) is 6.56. The summed E-state index contributed by atoms with van der Waals surface area (Å²) < 4.78 is 64.8. The van der Waals surface area contributed by atoms with Crippen LogP contribution in [0.25, 0.3) is 0 Å². The quantitative estimate of drug-likeness (QED) is 0.437. The van der Waals surface area contributed by atoms with Crippen LogP contribution < -0.4 is 9.05 Å². The van der Waals surface area contributed by atoms with E-state index >= 15 is 0 Å². The third-order valence-corrected chi connectivity index (χ3v) is 5.89. The Hall–Kier alpha value is -1.81. The molecule has 134 valence electrons. The minimum atomic E-state index is -4.52. The van der Waals surface area contributed by atoms with Crippen molar-refractivity contribution in [2.24, 2.45) is 0 Å². The molecule has 0 aromatic heterocycles. The molecule has 1 saturated carbocycles.